The molecule has 0 unspecified atom stereocenters. The van der Waals surface area contributed by atoms with Gasteiger partial charge in [0, 0.05) is 14.1 Å². The van der Waals surface area contributed by atoms with Gasteiger partial charge < -0.3 is 9.64 Å². The standard InChI is InChI=1S/C20H24N2O3S/c1-15-10-12-17(13-11-15)26(23,24)21-20(22(3)4)19(14-25-5)18-9-7-6-8-16(18)2/h6-14H,1-5H3/b19-14+,21-20-. The molecule has 138 valence electrons. The molecule has 6 heteroatoms. The molecular formula is C20H24N2O3S. The van der Waals surface area contributed by atoms with Crippen LogP contribution in [-0.2, 0) is 14.8 Å². The van der Waals surface area contributed by atoms with Crippen LogP contribution >= 0.6 is 0 Å². The molecule has 0 aliphatic carbocycles. The van der Waals surface area contributed by atoms with E-state index in [4.69, 9.17) is 4.74 Å². The Balaban J connectivity index is 2.62. The van der Waals surface area contributed by atoms with Gasteiger partial charge in [-0.05, 0) is 37.1 Å². The van der Waals surface area contributed by atoms with Gasteiger partial charge in [-0.25, -0.2) is 0 Å². The maximum atomic E-state index is 12.8. The highest BCUT2D eigenvalue weighted by molar-refractivity contribution is 7.90. The molecule has 2 aromatic carbocycles. The molecule has 0 aromatic heterocycles. The second-order valence-electron chi connectivity index (χ2n) is 6.18. The van der Waals surface area contributed by atoms with Crippen LogP contribution in [0.25, 0.3) is 5.57 Å². The first-order valence-electron chi connectivity index (χ1n) is 8.14. The van der Waals surface area contributed by atoms with Crippen molar-refractivity contribution in [3.05, 3.63) is 71.5 Å². The fourth-order valence-electron chi connectivity index (χ4n) is 2.48. The van der Waals surface area contributed by atoms with Crippen molar-refractivity contribution in [3.63, 3.8) is 0 Å². The van der Waals surface area contributed by atoms with Gasteiger partial charge in [-0.15, -0.1) is 4.40 Å². The Morgan fingerprint density at radius 2 is 1.65 bits per heavy atom. The van der Waals surface area contributed by atoms with Crippen molar-refractivity contribution < 1.29 is 13.2 Å². The monoisotopic (exact) mass is 372 g/mol. The van der Waals surface area contributed by atoms with Crippen LogP contribution in [0.15, 0.2) is 64.1 Å². The van der Waals surface area contributed by atoms with Crippen molar-refractivity contribution in [1.82, 2.24) is 4.90 Å². The predicted molar refractivity (Wildman–Crippen MR) is 106 cm³/mol. The molecule has 0 atom stereocenters. The first-order chi connectivity index (χ1) is 12.3. The number of methoxy groups -OCH3 is 1. The smallest absolute Gasteiger partial charge is 0.284 e. The van der Waals surface area contributed by atoms with Crippen molar-refractivity contribution in [1.29, 1.82) is 0 Å². The normalized spacial score (nSPS) is 12.8. The van der Waals surface area contributed by atoms with Gasteiger partial charge >= 0.3 is 0 Å². The average molecular weight is 372 g/mol. The number of benzene rings is 2. The van der Waals surface area contributed by atoms with E-state index in [1.165, 1.54) is 13.4 Å². The average Bonchev–Trinajstić information content (AvgIpc) is 2.59. The number of hydrogen-bond acceptors (Lipinski definition) is 3. The Bertz CT molecular complexity index is 928. The van der Waals surface area contributed by atoms with Crippen molar-refractivity contribution in [2.45, 2.75) is 18.7 Å². The Hall–Kier alpha value is -2.60. The maximum absolute atomic E-state index is 12.8. The van der Waals surface area contributed by atoms with Gasteiger partial charge in [0.25, 0.3) is 10.0 Å². The third-order valence-corrected chi connectivity index (χ3v) is 5.14. The van der Waals surface area contributed by atoms with Crippen LogP contribution in [-0.4, -0.2) is 40.4 Å². The van der Waals surface area contributed by atoms with Gasteiger partial charge in [0.2, 0.25) is 0 Å². The summed E-state index contributed by atoms with van der Waals surface area (Å²) in [5.41, 5.74) is 3.45. The lowest BCUT2D eigenvalue weighted by Crippen LogP contribution is -2.25. The van der Waals surface area contributed by atoms with Crippen LogP contribution in [0.4, 0.5) is 0 Å². The zero-order valence-corrected chi connectivity index (χ0v) is 16.5. The van der Waals surface area contributed by atoms with Gasteiger partial charge in [-0.2, -0.15) is 8.42 Å². The summed E-state index contributed by atoms with van der Waals surface area (Å²) in [6.07, 6.45) is 1.52. The van der Waals surface area contributed by atoms with Crippen LogP contribution in [0, 0.1) is 13.8 Å². The minimum atomic E-state index is -3.86. The largest absolute Gasteiger partial charge is 0.504 e. The number of likely N-dealkylation sites (N-methyl/N-ethyl adjacent to an activating group) is 1. The topological polar surface area (TPSA) is 59.0 Å². The zero-order chi connectivity index (χ0) is 19.3. The summed E-state index contributed by atoms with van der Waals surface area (Å²) in [5, 5.41) is 0. The van der Waals surface area contributed by atoms with Gasteiger partial charge in [0.15, 0.2) is 5.84 Å². The Morgan fingerprint density at radius 1 is 1.04 bits per heavy atom. The van der Waals surface area contributed by atoms with Crippen molar-refractivity contribution >= 4 is 21.4 Å². The summed E-state index contributed by atoms with van der Waals surface area (Å²) in [4.78, 5) is 1.83. The van der Waals surface area contributed by atoms with Gasteiger partial charge in [-0.1, -0.05) is 42.0 Å². The Kier molecular flexibility index (Phi) is 6.21. The van der Waals surface area contributed by atoms with Gasteiger partial charge in [0.05, 0.1) is 23.8 Å². The van der Waals surface area contributed by atoms with E-state index < -0.39 is 10.0 Å². The molecule has 0 saturated heterocycles. The first kappa shape index (κ1) is 19.7. The van der Waals surface area contributed by atoms with E-state index >= 15 is 0 Å². The van der Waals surface area contributed by atoms with Crippen LogP contribution in [0.2, 0.25) is 0 Å². The summed E-state index contributed by atoms with van der Waals surface area (Å²) in [6, 6.07) is 14.3. The molecule has 0 radical (unpaired) electrons. The lowest BCUT2D eigenvalue weighted by atomic mass is 10.0. The molecular weight excluding hydrogens is 348 g/mol. The molecule has 2 rings (SSSR count). The maximum Gasteiger partial charge on any atom is 0.284 e. The number of amidine groups is 1. The molecule has 0 amide bonds. The van der Waals surface area contributed by atoms with Crippen molar-refractivity contribution in [2.24, 2.45) is 4.40 Å². The Morgan fingerprint density at radius 3 is 2.19 bits per heavy atom. The number of sulfonamides is 1. The third-order valence-electron chi connectivity index (χ3n) is 3.86. The molecule has 0 aliphatic heterocycles. The summed E-state index contributed by atoms with van der Waals surface area (Å²) in [6.45, 7) is 3.86. The highest BCUT2D eigenvalue weighted by atomic mass is 32.2. The fourth-order valence-corrected chi connectivity index (χ4v) is 3.55. The van der Waals surface area contributed by atoms with E-state index in [0.29, 0.717) is 11.4 Å². The SMILES string of the molecule is CO/C=C(/C(=N/S(=O)(=O)c1ccc(C)cc1)N(C)C)c1ccccc1C. The van der Waals surface area contributed by atoms with Crippen molar-refractivity contribution in [2.75, 3.05) is 21.2 Å². The van der Waals surface area contributed by atoms with E-state index in [1.807, 2.05) is 38.1 Å². The van der Waals surface area contributed by atoms with Crippen LogP contribution < -0.4 is 0 Å². The molecule has 0 aliphatic rings. The Labute approximate surface area is 155 Å². The number of hydrogen-bond donors (Lipinski definition) is 0. The van der Waals surface area contributed by atoms with Crippen LogP contribution in [0.5, 0.6) is 0 Å². The molecule has 0 N–H and O–H groups in total. The third kappa shape index (κ3) is 4.52. The second kappa shape index (κ2) is 8.19. The molecule has 0 heterocycles. The summed E-state index contributed by atoms with van der Waals surface area (Å²) in [7, 11) is 1.18. The lowest BCUT2D eigenvalue weighted by Gasteiger charge is -2.20. The molecule has 0 fully saturated rings. The minimum Gasteiger partial charge on any atom is -0.504 e. The molecule has 5 nitrogen and oxygen atoms in total. The zero-order valence-electron chi connectivity index (χ0n) is 15.7. The molecule has 26 heavy (non-hydrogen) atoms. The van der Waals surface area contributed by atoms with E-state index in [2.05, 4.69) is 4.40 Å². The number of ether oxygens (including phenoxy) is 1. The number of rotatable bonds is 5. The highest BCUT2D eigenvalue weighted by Gasteiger charge is 2.20. The fraction of sp³-hybridized carbons (Fsp3) is 0.250. The molecule has 0 bridgehead atoms. The van der Waals surface area contributed by atoms with E-state index in [0.717, 1.165) is 16.7 Å². The highest BCUT2D eigenvalue weighted by Crippen LogP contribution is 2.23. The van der Waals surface area contributed by atoms with Crippen molar-refractivity contribution in [3.8, 4) is 0 Å². The molecule has 0 spiro atoms. The molecule has 0 saturated carbocycles. The second-order valence-corrected chi connectivity index (χ2v) is 7.78. The van der Waals surface area contributed by atoms with Gasteiger partial charge in [0.1, 0.15) is 0 Å². The first-order valence-corrected chi connectivity index (χ1v) is 9.58. The lowest BCUT2D eigenvalue weighted by molar-refractivity contribution is 0.340. The van der Waals surface area contributed by atoms with E-state index in [-0.39, 0.29) is 4.90 Å². The summed E-state index contributed by atoms with van der Waals surface area (Å²) >= 11 is 0. The number of nitrogens with zero attached hydrogens (tertiary/aromatic N) is 2. The van der Waals surface area contributed by atoms with E-state index in [9.17, 15) is 8.42 Å². The van der Waals surface area contributed by atoms with Crippen LogP contribution in [0.1, 0.15) is 16.7 Å². The quantitative estimate of drug-likeness (QED) is 0.457. The van der Waals surface area contributed by atoms with E-state index in [1.54, 1.807) is 43.3 Å². The van der Waals surface area contributed by atoms with Crippen LogP contribution in [0.3, 0.4) is 0 Å². The molecule has 2 aromatic rings. The minimum absolute atomic E-state index is 0.156. The van der Waals surface area contributed by atoms with Gasteiger partial charge in [-0.3, -0.25) is 0 Å². The predicted octanol–water partition coefficient (Wildman–Crippen LogP) is 3.64. The summed E-state index contributed by atoms with van der Waals surface area (Å²) < 4.78 is 34.9. The summed E-state index contributed by atoms with van der Waals surface area (Å²) in [5.74, 6) is 0.307. The number of aryl methyl sites for hydroxylation is 2.